The van der Waals surface area contributed by atoms with Crippen LogP contribution in [0.15, 0.2) is 61.9 Å². The van der Waals surface area contributed by atoms with Gasteiger partial charge in [-0.1, -0.05) is 51.0 Å². The van der Waals surface area contributed by atoms with Gasteiger partial charge in [0.15, 0.2) is 16.3 Å². The maximum atomic E-state index is 13.7. The first-order chi connectivity index (χ1) is 16.7. The number of aromatic nitrogens is 1. The molecule has 0 radical (unpaired) electrons. The van der Waals surface area contributed by atoms with Crippen molar-refractivity contribution in [3.63, 3.8) is 0 Å². The molecule has 2 aliphatic rings. The van der Waals surface area contributed by atoms with Gasteiger partial charge in [-0.15, -0.1) is 0 Å². The zero-order valence-electron chi connectivity index (χ0n) is 19.0. The third-order valence-electron chi connectivity index (χ3n) is 5.55. The van der Waals surface area contributed by atoms with Crippen LogP contribution in [0, 0.1) is 0 Å². The van der Waals surface area contributed by atoms with E-state index in [1.807, 2.05) is 12.1 Å². The molecule has 3 aromatic rings. The summed E-state index contributed by atoms with van der Waals surface area (Å²) < 4.78 is 19.2. The second-order valence-corrected chi connectivity index (χ2v) is 10.6. The monoisotopic (exact) mass is 574 g/mol. The molecular formula is C25H20BrClN2O5S. The Labute approximate surface area is 218 Å². The minimum absolute atomic E-state index is 0.156. The number of allylic oxidation sites excluding steroid dienone is 1. The van der Waals surface area contributed by atoms with Crippen molar-refractivity contribution in [2.45, 2.75) is 32.9 Å². The Hall–Kier alpha value is -2.88. The molecule has 3 heterocycles. The molecule has 2 aliphatic heterocycles. The normalized spacial score (nSPS) is 17.0. The number of nitrogens with zero attached hydrogens (tertiary/aromatic N) is 2. The number of carbonyl (C=O) groups excluding carboxylic acids is 1. The van der Waals surface area contributed by atoms with Gasteiger partial charge >= 0.3 is 5.97 Å². The largest absolute Gasteiger partial charge is 0.459 e. The van der Waals surface area contributed by atoms with E-state index < -0.39 is 12.0 Å². The van der Waals surface area contributed by atoms with Crippen LogP contribution < -0.4 is 24.4 Å². The first-order valence-electron chi connectivity index (χ1n) is 10.8. The van der Waals surface area contributed by atoms with Crippen molar-refractivity contribution in [2.75, 3.05) is 6.79 Å². The molecule has 0 saturated heterocycles. The number of hydrogen-bond acceptors (Lipinski definition) is 7. The predicted molar refractivity (Wildman–Crippen MR) is 137 cm³/mol. The van der Waals surface area contributed by atoms with Crippen LogP contribution in [-0.4, -0.2) is 23.4 Å². The van der Waals surface area contributed by atoms with Crippen LogP contribution in [0.4, 0.5) is 0 Å². The topological polar surface area (TPSA) is 79.1 Å². The second-order valence-electron chi connectivity index (χ2n) is 8.31. The molecule has 2 aromatic carbocycles. The molecule has 10 heteroatoms. The van der Waals surface area contributed by atoms with Crippen molar-refractivity contribution in [2.24, 2.45) is 4.99 Å². The first kappa shape index (κ1) is 23.8. The fraction of sp³-hybridized carbons (Fsp3) is 0.240. The van der Waals surface area contributed by atoms with Gasteiger partial charge in [-0.3, -0.25) is 9.36 Å². The van der Waals surface area contributed by atoms with Gasteiger partial charge < -0.3 is 14.2 Å². The molecule has 0 unspecified atom stereocenters. The number of benzene rings is 2. The summed E-state index contributed by atoms with van der Waals surface area (Å²) in [6.45, 7) is 5.47. The van der Waals surface area contributed by atoms with E-state index in [-0.39, 0.29) is 18.5 Å². The Morgan fingerprint density at radius 2 is 1.94 bits per heavy atom. The Balaban J connectivity index is 1.70. The van der Waals surface area contributed by atoms with Crippen molar-refractivity contribution in [1.82, 2.24) is 4.57 Å². The first-order valence-corrected chi connectivity index (χ1v) is 12.8. The van der Waals surface area contributed by atoms with Gasteiger partial charge in [-0.2, -0.15) is 0 Å². The highest BCUT2D eigenvalue weighted by atomic mass is 79.9. The lowest BCUT2D eigenvalue weighted by Gasteiger charge is -2.25. The van der Waals surface area contributed by atoms with Crippen molar-refractivity contribution in [3.05, 3.63) is 88.0 Å². The SMILES string of the molecule is CC1=C(C(=O)OC(C)C)[C@H](c2ccc(Cl)cc2)n2c(s/c(=C\c3cc4c(cc3Br)OCO4)c2=O)=N1. The van der Waals surface area contributed by atoms with Gasteiger partial charge in [0, 0.05) is 9.50 Å². The summed E-state index contributed by atoms with van der Waals surface area (Å²) in [6, 6.07) is 10.0. The zero-order chi connectivity index (χ0) is 24.9. The highest BCUT2D eigenvalue weighted by molar-refractivity contribution is 9.10. The summed E-state index contributed by atoms with van der Waals surface area (Å²) in [6.07, 6.45) is 1.46. The standard InChI is InChI=1S/C25H20BrClN2O5S/c1-12(2)34-24(31)21-13(3)28-25-29(22(21)14-4-6-16(27)7-5-14)23(30)20(35-25)9-15-8-18-19(10-17(15)26)33-11-32-18/h4-10,12,22H,11H2,1-3H3/b20-9-/t22-/m0/s1. The van der Waals surface area contributed by atoms with Crippen molar-refractivity contribution < 1.29 is 19.0 Å². The second kappa shape index (κ2) is 9.29. The van der Waals surface area contributed by atoms with Crippen molar-refractivity contribution in [3.8, 4) is 11.5 Å². The van der Waals surface area contributed by atoms with E-state index in [2.05, 4.69) is 20.9 Å². The van der Waals surface area contributed by atoms with Crippen LogP contribution in [0.5, 0.6) is 11.5 Å². The molecule has 5 rings (SSSR count). The van der Waals surface area contributed by atoms with E-state index in [1.165, 1.54) is 11.3 Å². The summed E-state index contributed by atoms with van der Waals surface area (Å²) in [5.74, 6) is 0.747. The Bertz CT molecular complexity index is 1560. The number of carbonyl (C=O) groups is 1. The lowest BCUT2D eigenvalue weighted by molar-refractivity contribution is -0.143. The minimum atomic E-state index is -0.697. The third kappa shape index (κ3) is 4.44. The van der Waals surface area contributed by atoms with Crippen LogP contribution in [-0.2, 0) is 9.53 Å². The summed E-state index contributed by atoms with van der Waals surface area (Å²) in [4.78, 5) is 32.0. The fourth-order valence-electron chi connectivity index (χ4n) is 4.01. The van der Waals surface area contributed by atoms with Gasteiger partial charge in [0.1, 0.15) is 0 Å². The van der Waals surface area contributed by atoms with E-state index >= 15 is 0 Å². The molecule has 0 saturated carbocycles. The Morgan fingerprint density at radius 1 is 1.26 bits per heavy atom. The highest BCUT2D eigenvalue weighted by Gasteiger charge is 2.33. The maximum absolute atomic E-state index is 13.7. The van der Waals surface area contributed by atoms with E-state index in [4.69, 9.17) is 25.8 Å². The van der Waals surface area contributed by atoms with Gasteiger partial charge in [-0.25, -0.2) is 9.79 Å². The predicted octanol–water partition coefficient (Wildman–Crippen LogP) is 4.33. The molecule has 1 aromatic heterocycles. The molecule has 180 valence electrons. The van der Waals surface area contributed by atoms with Crippen molar-refractivity contribution in [1.29, 1.82) is 0 Å². The van der Waals surface area contributed by atoms with E-state index in [9.17, 15) is 9.59 Å². The molecule has 0 bridgehead atoms. The molecular weight excluding hydrogens is 556 g/mol. The summed E-state index contributed by atoms with van der Waals surface area (Å²) >= 11 is 10.9. The molecule has 0 N–H and O–H groups in total. The lowest BCUT2D eigenvalue weighted by atomic mass is 9.96. The molecule has 0 spiro atoms. The molecule has 7 nitrogen and oxygen atoms in total. The molecule has 0 amide bonds. The average Bonchev–Trinajstić information content (AvgIpc) is 3.36. The van der Waals surface area contributed by atoms with Gasteiger partial charge in [0.2, 0.25) is 6.79 Å². The van der Waals surface area contributed by atoms with Gasteiger partial charge in [0.25, 0.3) is 5.56 Å². The molecule has 0 aliphatic carbocycles. The summed E-state index contributed by atoms with van der Waals surface area (Å²) in [5.41, 5.74) is 2.06. The average molecular weight is 576 g/mol. The van der Waals surface area contributed by atoms with Crippen LogP contribution in [0.2, 0.25) is 5.02 Å². The number of halogens is 2. The van der Waals surface area contributed by atoms with Crippen LogP contribution in [0.1, 0.15) is 37.9 Å². The smallest absolute Gasteiger partial charge is 0.338 e. The van der Waals surface area contributed by atoms with E-state index in [1.54, 1.807) is 55.7 Å². The number of esters is 1. The van der Waals surface area contributed by atoms with Crippen molar-refractivity contribution >= 4 is 50.9 Å². The van der Waals surface area contributed by atoms with Crippen LogP contribution in [0.3, 0.4) is 0 Å². The van der Waals surface area contributed by atoms with E-state index in [0.29, 0.717) is 37.1 Å². The van der Waals surface area contributed by atoms with Crippen LogP contribution >= 0.6 is 38.9 Å². The number of fused-ring (bicyclic) bond motifs is 2. The van der Waals surface area contributed by atoms with E-state index in [0.717, 1.165) is 15.6 Å². The number of ether oxygens (including phenoxy) is 3. The number of hydrogen-bond donors (Lipinski definition) is 0. The third-order valence-corrected chi connectivity index (χ3v) is 7.47. The lowest BCUT2D eigenvalue weighted by Crippen LogP contribution is -2.40. The molecule has 35 heavy (non-hydrogen) atoms. The Kier molecular flexibility index (Phi) is 6.33. The van der Waals surface area contributed by atoms with Crippen LogP contribution in [0.25, 0.3) is 6.08 Å². The van der Waals surface area contributed by atoms with Gasteiger partial charge in [-0.05, 0) is 62.2 Å². The molecule has 1 atom stereocenters. The quantitative estimate of drug-likeness (QED) is 0.433. The number of rotatable bonds is 4. The fourth-order valence-corrected chi connectivity index (χ4v) is 5.61. The minimum Gasteiger partial charge on any atom is -0.459 e. The summed E-state index contributed by atoms with van der Waals surface area (Å²) in [5, 5.41) is 0.556. The maximum Gasteiger partial charge on any atom is 0.338 e. The number of thiazole rings is 1. The summed E-state index contributed by atoms with van der Waals surface area (Å²) in [7, 11) is 0. The molecule has 0 fully saturated rings. The Morgan fingerprint density at radius 3 is 2.63 bits per heavy atom. The van der Waals surface area contributed by atoms with Gasteiger partial charge in [0.05, 0.1) is 27.9 Å². The highest BCUT2D eigenvalue weighted by Crippen LogP contribution is 2.37. The zero-order valence-corrected chi connectivity index (χ0v) is 22.2.